The van der Waals surface area contributed by atoms with E-state index in [1.54, 1.807) is 0 Å². The summed E-state index contributed by atoms with van der Waals surface area (Å²) in [6.45, 7) is 2.81. The summed E-state index contributed by atoms with van der Waals surface area (Å²) in [5.41, 5.74) is -0.0785. The van der Waals surface area contributed by atoms with Gasteiger partial charge in [0.25, 0.3) is 0 Å². The van der Waals surface area contributed by atoms with Gasteiger partial charge in [0.2, 0.25) is 5.91 Å². The molecule has 24 heavy (non-hydrogen) atoms. The van der Waals surface area contributed by atoms with E-state index in [1.165, 1.54) is 0 Å². The molecule has 0 saturated carbocycles. The molecule has 1 aromatic carbocycles. The van der Waals surface area contributed by atoms with E-state index in [1.807, 2.05) is 30.3 Å². The van der Waals surface area contributed by atoms with Crippen molar-refractivity contribution in [1.82, 2.24) is 5.32 Å². The van der Waals surface area contributed by atoms with Gasteiger partial charge in [-0.2, -0.15) is 0 Å². The molecule has 2 aliphatic heterocycles. The Labute approximate surface area is 143 Å². The summed E-state index contributed by atoms with van der Waals surface area (Å²) in [4.78, 5) is 12.2. The molecule has 1 spiro atoms. The number of rotatable bonds is 6. The van der Waals surface area contributed by atoms with Gasteiger partial charge in [-0.05, 0) is 44.2 Å². The molecule has 1 aromatic rings. The minimum Gasteiger partial charge on any atom is -0.494 e. The van der Waals surface area contributed by atoms with Crippen LogP contribution in [0.1, 0.15) is 38.5 Å². The van der Waals surface area contributed by atoms with Crippen LogP contribution in [0, 0.1) is 0 Å². The first-order valence-electron chi connectivity index (χ1n) is 8.95. The maximum Gasteiger partial charge on any atom is 0.220 e. The summed E-state index contributed by atoms with van der Waals surface area (Å²) in [6.07, 6.45) is 4.90. The van der Waals surface area contributed by atoms with Gasteiger partial charge in [0.15, 0.2) is 0 Å². The van der Waals surface area contributed by atoms with Gasteiger partial charge in [0, 0.05) is 32.3 Å². The molecule has 0 aromatic heterocycles. The lowest BCUT2D eigenvalue weighted by Crippen LogP contribution is -2.51. The zero-order valence-electron chi connectivity index (χ0n) is 14.2. The minimum absolute atomic E-state index is 0.0785. The van der Waals surface area contributed by atoms with Gasteiger partial charge in [-0.25, -0.2) is 0 Å². The van der Waals surface area contributed by atoms with Crippen LogP contribution in [0.4, 0.5) is 0 Å². The van der Waals surface area contributed by atoms with Gasteiger partial charge in [0.05, 0.1) is 12.2 Å². The molecule has 0 bridgehead atoms. The van der Waals surface area contributed by atoms with Crippen molar-refractivity contribution in [2.75, 3.05) is 26.4 Å². The highest BCUT2D eigenvalue weighted by Gasteiger charge is 2.39. The number of nitrogens with one attached hydrogen (secondary N) is 1. The highest BCUT2D eigenvalue weighted by molar-refractivity contribution is 5.76. The van der Waals surface area contributed by atoms with Crippen molar-refractivity contribution in [2.24, 2.45) is 0 Å². The maximum atomic E-state index is 12.2. The number of benzene rings is 1. The first kappa shape index (κ1) is 17.2. The standard InChI is InChI=1S/C19H27NO4/c21-18(7-4-11-23-17-5-2-1-3-6-17)20-16-8-12-24-19(15-16)9-13-22-14-10-19/h1-3,5-6,16H,4,7-15H2,(H,20,21). The van der Waals surface area contributed by atoms with Crippen molar-refractivity contribution in [3.05, 3.63) is 30.3 Å². The second kappa shape index (κ2) is 8.49. The van der Waals surface area contributed by atoms with E-state index in [-0.39, 0.29) is 17.6 Å². The fraction of sp³-hybridized carbons (Fsp3) is 0.632. The Morgan fingerprint density at radius 3 is 2.79 bits per heavy atom. The zero-order chi connectivity index (χ0) is 16.7. The molecule has 2 fully saturated rings. The van der Waals surface area contributed by atoms with Gasteiger partial charge >= 0.3 is 0 Å². The summed E-state index contributed by atoms with van der Waals surface area (Å²) in [5, 5.41) is 3.17. The van der Waals surface area contributed by atoms with E-state index in [9.17, 15) is 4.79 Å². The average Bonchev–Trinajstić information content (AvgIpc) is 2.60. The number of carbonyl (C=O) groups is 1. The molecule has 132 valence electrons. The fourth-order valence-corrected chi connectivity index (χ4v) is 3.48. The van der Waals surface area contributed by atoms with Crippen LogP contribution < -0.4 is 10.1 Å². The Kier molecular flexibility index (Phi) is 6.10. The lowest BCUT2D eigenvalue weighted by molar-refractivity contribution is -0.144. The number of hydrogen-bond donors (Lipinski definition) is 1. The molecule has 1 amide bonds. The quantitative estimate of drug-likeness (QED) is 0.813. The van der Waals surface area contributed by atoms with Gasteiger partial charge < -0.3 is 19.5 Å². The molecular weight excluding hydrogens is 306 g/mol. The van der Waals surface area contributed by atoms with Crippen LogP contribution in [-0.4, -0.2) is 44.0 Å². The predicted octanol–water partition coefficient (Wildman–Crippen LogP) is 2.69. The van der Waals surface area contributed by atoms with E-state index < -0.39 is 0 Å². The molecule has 0 aliphatic carbocycles. The van der Waals surface area contributed by atoms with Gasteiger partial charge in [-0.1, -0.05) is 18.2 Å². The summed E-state index contributed by atoms with van der Waals surface area (Å²) in [7, 11) is 0. The highest BCUT2D eigenvalue weighted by Crippen LogP contribution is 2.34. The Balaban J connectivity index is 1.35. The predicted molar refractivity (Wildman–Crippen MR) is 91.1 cm³/mol. The van der Waals surface area contributed by atoms with Crippen LogP contribution >= 0.6 is 0 Å². The van der Waals surface area contributed by atoms with Gasteiger partial charge in [-0.15, -0.1) is 0 Å². The third-order valence-electron chi connectivity index (χ3n) is 4.82. The van der Waals surface area contributed by atoms with E-state index in [4.69, 9.17) is 14.2 Å². The third kappa shape index (κ3) is 4.95. The number of ether oxygens (including phenoxy) is 3. The Morgan fingerprint density at radius 1 is 1.21 bits per heavy atom. The van der Waals surface area contributed by atoms with E-state index in [0.717, 1.165) is 57.7 Å². The van der Waals surface area contributed by atoms with E-state index in [2.05, 4.69) is 5.32 Å². The second-order valence-corrected chi connectivity index (χ2v) is 6.67. The molecule has 5 nitrogen and oxygen atoms in total. The number of amides is 1. The Hall–Kier alpha value is -1.59. The van der Waals surface area contributed by atoms with Crippen molar-refractivity contribution in [1.29, 1.82) is 0 Å². The second-order valence-electron chi connectivity index (χ2n) is 6.67. The smallest absolute Gasteiger partial charge is 0.220 e. The molecule has 5 heteroatoms. The summed E-state index contributed by atoms with van der Waals surface area (Å²) in [6, 6.07) is 9.92. The van der Waals surface area contributed by atoms with E-state index in [0.29, 0.717) is 13.0 Å². The highest BCUT2D eigenvalue weighted by atomic mass is 16.5. The molecule has 3 rings (SSSR count). The van der Waals surface area contributed by atoms with Crippen LogP contribution in [0.15, 0.2) is 30.3 Å². The summed E-state index contributed by atoms with van der Waals surface area (Å²) < 4.78 is 17.1. The van der Waals surface area contributed by atoms with E-state index >= 15 is 0 Å². The van der Waals surface area contributed by atoms with Crippen LogP contribution in [0.25, 0.3) is 0 Å². The molecular formula is C19H27NO4. The molecule has 1 atom stereocenters. The third-order valence-corrected chi connectivity index (χ3v) is 4.82. The lowest BCUT2D eigenvalue weighted by Gasteiger charge is -2.43. The normalized spacial score (nSPS) is 22.9. The molecule has 2 saturated heterocycles. The average molecular weight is 333 g/mol. The summed E-state index contributed by atoms with van der Waals surface area (Å²) in [5.74, 6) is 0.963. The van der Waals surface area contributed by atoms with Crippen molar-refractivity contribution in [2.45, 2.75) is 50.2 Å². The van der Waals surface area contributed by atoms with Crippen LogP contribution in [0.5, 0.6) is 5.75 Å². The Bertz CT molecular complexity index is 508. The van der Waals surface area contributed by atoms with Gasteiger partial charge in [0.1, 0.15) is 5.75 Å². The molecule has 1 N–H and O–H groups in total. The monoisotopic (exact) mass is 333 g/mol. The first-order chi connectivity index (χ1) is 11.8. The fourth-order valence-electron chi connectivity index (χ4n) is 3.48. The van der Waals surface area contributed by atoms with Crippen molar-refractivity contribution >= 4 is 5.91 Å². The maximum absolute atomic E-state index is 12.2. The molecule has 0 radical (unpaired) electrons. The lowest BCUT2D eigenvalue weighted by atomic mass is 9.84. The largest absolute Gasteiger partial charge is 0.494 e. The molecule has 2 heterocycles. The van der Waals surface area contributed by atoms with Crippen molar-refractivity contribution in [3.8, 4) is 5.75 Å². The molecule has 2 aliphatic rings. The SMILES string of the molecule is O=C(CCCOc1ccccc1)NC1CCOC2(CCOCC2)C1. The summed E-state index contributed by atoms with van der Waals surface area (Å²) >= 11 is 0. The number of hydrogen-bond acceptors (Lipinski definition) is 4. The van der Waals surface area contributed by atoms with Crippen molar-refractivity contribution < 1.29 is 19.0 Å². The first-order valence-corrected chi connectivity index (χ1v) is 8.95. The topological polar surface area (TPSA) is 56.8 Å². The minimum atomic E-state index is -0.0785. The van der Waals surface area contributed by atoms with Crippen LogP contribution in [0.3, 0.4) is 0 Å². The molecule has 1 unspecified atom stereocenters. The number of para-hydroxylation sites is 1. The zero-order valence-corrected chi connectivity index (χ0v) is 14.2. The van der Waals surface area contributed by atoms with Crippen molar-refractivity contribution in [3.63, 3.8) is 0 Å². The number of carbonyl (C=O) groups excluding carboxylic acids is 1. The van der Waals surface area contributed by atoms with Gasteiger partial charge in [-0.3, -0.25) is 4.79 Å². The van der Waals surface area contributed by atoms with Crippen LogP contribution in [0.2, 0.25) is 0 Å². The Morgan fingerprint density at radius 2 is 2.00 bits per heavy atom. The van der Waals surface area contributed by atoms with Crippen LogP contribution in [-0.2, 0) is 14.3 Å².